The highest BCUT2D eigenvalue weighted by Gasteiger charge is 2.24. The highest BCUT2D eigenvalue weighted by atomic mass is 32.2. The van der Waals surface area contributed by atoms with Gasteiger partial charge in [0.15, 0.2) is 0 Å². The highest BCUT2D eigenvalue weighted by molar-refractivity contribution is 7.89. The van der Waals surface area contributed by atoms with Gasteiger partial charge in [-0.25, -0.2) is 13.1 Å². The van der Waals surface area contributed by atoms with Gasteiger partial charge in [-0.2, -0.15) is 0 Å². The van der Waals surface area contributed by atoms with E-state index >= 15 is 0 Å². The predicted octanol–water partition coefficient (Wildman–Crippen LogP) is 3.33. The van der Waals surface area contributed by atoms with E-state index in [9.17, 15) is 13.2 Å². The fourth-order valence-electron chi connectivity index (χ4n) is 2.77. The summed E-state index contributed by atoms with van der Waals surface area (Å²) in [6.07, 6.45) is -0.339. The molecule has 0 fully saturated rings. The highest BCUT2D eigenvalue weighted by Crippen LogP contribution is 2.25. The minimum Gasteiger partial charge on any atom is -0.481 e. The van der Waals surface area contributed by atoms with Crippen LogP contribution in [0.2, 0.25) is 0 Å². The van der Waals surface area contributed by atoms with E-state index in [0.717, 1.165) is 5.39 Å². The zero-order valence-electron chi connectivity index (χ0n) is 13.3. The molecular weight excluding hydrogens is 338 g/mol. The summed E-state index contributed by atoms with van der Waals surface area (Å²) >= 11 is 0. The Morgan fingerprint density at radius 3 is 2.28 bits per heavy atom. The van der Waals surface area contributed by atoms with Crippen molar-refractivity contribution in [1.29, 1.82) is 0 Å². The molecule has 0 aliphatic carbocycles. The molecule has 0 radical (unpaired) electrons. The van der Waals surface area contributed by atoms with Gasteiger partial charge in [0, 0.05) is 5.39 Å². The van der Waals surface area contributed by atoms with Crippen LogP contribution >= 0.6 is 0 Å². The van der Waals surface area contributed by atoms with Gasteiger partial charge < -0.3 is 5.11 Å². The molecule has 2 N–H and O–H groups in total. The lowest BCUT2D eigenvalue weighted by molar-refractivity contribution is -0.137. The topological polar surface area (TPSA) is 83.5 Å². The molecule has 3 aromatic rings. The van der Waals surface area contributed by atoms with Crippen molar-refractivity contribution in [2.45, 2.75) is 17.4 Å². The maximum atomic E-state index is 12.9. The van der Waals surface area contributed by atoms with Gasteiger partial charge in [-0.15, -0.1) is 0 Å². The number of hydrogen-bond acceptors (Lipinski definition) is 3. The number of carboxylic acid groups (broad SMARTS) is 1. The summed E-state index contributed by atoms with van der Waals surface area (Å²) < 4.78 is 28.4. The van der Waals surface area contributed by atoms with Crippen molar-refractivity contribution in [3.63, 3.8) is 0 Å². The molecule has 25 heavy (non-hydrogen) atoms. The number of carbonyl (C=O) groups is 1. The average molecular weight is 355 g/mol. The first-order valence-corrected chi connectivity index (χ1v) is 9.22. The maximum absolute atomic E-state index is 12.9. The van der Waals surface area contributed by atoms with Crippen molar-refractivity contribution in [2.24, 2.45) is 0 Å². The number of carboxylic acids is 1. The normalized spacial score (nSPS) is 12.8. The minimum absolute atomic E-state index is 0.136. The van der Waals surface area contributed by atoms with E-state index in [-0.39, 0.29) is 11.3 Å². The molecule has 3 aromatic carbocycles. The lowest BCUT2D eigenvalue weighted by Gasteiger charge is -2.18. The summed E-state index contributed by atoms with van der Waals surface area (Å²) in [7, 11) is -3.89. The molecule has 0 spiro atoms. The van der Waals surface area contributed by atoms with Crippen LogP contribution in [0.5, 0.6) is 0 Å². The van der Waals surface area contributed by atoms with Crippen LogP contribution in [0.15, 0.2) is 77.7 Å². The number of aliphatic carboxylic acids is 1. The molecule has 5 nitrogen and oxygen atoms in total. The Morgan fingerprint density at radius 1 is 0.920 bits per heavy atom. The molecule has 0 unspecified atom stereocenters. The molecule has 0 amide bonds. The van der Waals surface area contributed by atoms with Crippen LogP contribution in [0.3, 0.4) is 0 Å². The molecule has 0 aliphatic rings. The Morgan fingerprint density at radius 2 is 1.56 bits per heavy atom. The van der Waals surface area contributed by atoms with Crippen molar-refractivity contribution in [1.82, 2.24) is 4.72 Å². The van der Waals surface area contributed by atoms with E-state index in [1.54, 1.807) is 48.5 Å². The number of rotatable bonds is 6. The van der Waals surface area contributed by atoms with Crippen molar-refractivity contribution >= 4 is 26.8 Å². The third kappa shape index (κ3) is 3.87. The van der Waals surface area contributed by atoms with Gasteiger partial charge in [0.2, 0.25) is 10.0 Å². The van der Waals surface area contributed by atoms with E-state index in [1.807, 2.05) is 18.2 Å². The first-order valence-electron chi connectivity index (χ1n) is 7.74. The largest absolute Gasteiger partial charge is 0.481 e. The van der Waals surface area contributed by atoms with Crippen LogP contribution < -0.4 is 4.72 Å². The van der Waals surface area contributed by atoms with Crippen molar-refractivity contribution in [2.75, 3.05) is 0 Å². The zero-order chi connectivity index (χ0) is 17.9. The summed E-state index contributed by atoms with van der Waals surface area (Å²) in [6.45, 7) is 0. The number of sulfonamides is 1. The SMILES string of the molecule is O=C(O)C[C@@H](NS(=O)(=O)c1cccc2ccccc12)c1ccccc1. The third-order valence-corrected chi connectivity index (χ3v) is 5.45. The molecular formula is C19H17NO4S. The van der Waals surface area contributed by atoms with E-state index in [4.69, 9.17) is 5.11 Å². The fraction of sp³-hybridized carbons (Fsp3) is 0.105. The Hall–Kier alpha value is -2.70. The van der Waals surface area contributed by atoms with Gasteiger partial charge in [0.1, 0.15) is 0 Å². The third-order valence-electron chi connectivity index (χ3n) is 3.92. The number of fused-ring (bicyclic) bond motifs is 1. The van der Waals surface area contributed by atoms with Crippen LogP contribution in [0.1, 0.15) is 18.0 Å². The van der Waals surface area contributed by atoms with Crippen molar-refractivity contribution < 1.29 is 18.3 Å². The van der Waals surface area contributed by atoms with Crippen LogP contribution in [0.25, 0.3) is 10.8 Å². The number of hydrogen-bond donors (Lipinski definition) is 2. The molecule has 3 rings (SSSR count). The molecule has 6 heteroatoms. The molecule has 0 aliphatic heterocycles. The first kappa shape index (κ1) is 17.1. The minimum atomic E-state index is -3.89. The summed E-state index contributed by atoms with van der Waals surface area (Å²) in [6, 6.07) is 20.1. The lowest BCUT2D eigenvalue weighted by atomic mass is 10.1. The summed E-state index contributed by atoms with van der Waals surface area (Å²) in [5.41, 5.74) is 0.605. The molecule has 128 valence electrons. The van der Waals surface area contributed by atoms with Crippen LogP contribution in [-0.2, 0) is 14.8 Å². The molecule has 0 saturated heterocycles. The number of benzene rings is 3. The van der Waals surface area contributed by atoms with Gasteiger partial charge in [-0.1, -0.05) is 66.7 Å². The molecule has 1 atom stereocenters. The average Bonchev–Trinajstić information content (AvgIpc) is 2.61. The number of nitrogens with one attached hydrogen (secondary N) is 1. The second kappa shape index (κ2) is 7.04. The summed E-state index contributed by atoms with van der Waals surface area (Å²) in [5, 5.41) is 10.6. The monoisotopic (exact) mass is 355 g/mol. The van der Waals surface area contributed by atoms with E-state index in [2.05, 4.69) is 4.72 Å². The van der Waals surface area contributed by atoms with Gasteiger partial charge in [-0.3, -0.25) is 4.79 Å². The summed E-state index contributed by atoms with van der Waals surface area (Å²) in [4.78, 5) is 11.3. The Bertz CT molecular complexity index is 995. The van der Waals surface area contributed by atoms with Gasteiger partial charge in [-0.05, 0) is 17.0 Å². The van der Waals surface area contributed by atoms with Gasteiger partial charge >= 0.3 is 5.97 Å². The van der Waals surface area contributed by atoms with Gasteiger partial charge in [0.05, 0.1) is 17.4 Å². The van der Waals surface area contributed by atoms with Crippen LogP contribution in [0.4, 0.5) is 0 Å². The Balaban J connectivity index is 2.02. The van der Waals surface area contributed by atoms with Crippen LogP contribution in [0, 0.1) is 0 Å². The van der Waals surface area contributed by atoms with Crippen molar-refractivity contribution in [3.8, 4) is 0 Å². The van der Waals surface area contributed by atoms with Gasteiger partial charge in [0.25, 0.3) is 0 Å². The second-order valence-corrected chi connectivity index (χ2v) is 7.34. The Kier molecular flexibility index (Phi) is 4.83. The van der Waals surface area contributed by atoms with E-state index < -0.39 is 22.0 Å². The van der Waals surface area contributed by atoms with Crippen molar-refractivity contribution in [3.05, 3.63) is 78.4 Å². The quantitative estimate of drug-likeness (QED) is 0.710. The molecule has 0 bridgehead atoms. The molecule has 0 aromatic heterocycles. The summed E-state index contributed by atoms with van der Waals surface area (Å²) in [5.74, 6) is -1.07. The first-order chi connectivity index (χ1) is 12.0. The standard InChI is InChI=1S/C19H17NO4S/c21-19(22)13-17(15-8-2-1-3-9-15)20-25(23,24)18-12-6-10-14-7-4-5-11-16(14)18/h1-12,17,20H,13H2,(H,21,22)/t17-/m1/s1. The van der Waals surface area contributed by atoms with E-state index in [0.29, 0.717) is 10.9 Å². The molecule has 0 saturated carbocycles. The van der Waals surface area contributed by atoms with E-state index in [1.165, 1.54) is 6.07 Å². The maximum Gasteiger partial charge on any atom is 0.305 e. The smallest absolute Gasteiger partial charge is 0.305 e. The lowest BCUT2D eigenvalue weighted by Crippen LogP contribution is -2.30. The van der Waals surface area contributed by atoms with Crippen LogP contribution in [-0.4, -0.2) is 19.5 Å². The fourth-order valence-corrected chi connectivity index (χ4v) is 4.22. The Labute approximate surface area is 146 Å². The molecule has 0 heterocycles. The predicted molar refractivity (Wildman–Crippen MR) is 95.7 cm³/mol. The second-order valence-electron chi connectivity index (χ2n) is 5.66. The zero-order valence-corrected chi connectivity index (χ0v) is 14.1.